The summed E-state index contributed by atoms with van der Waals surface area (Å²) in [5.41, 5.74) is -0.0751. The summed E-state index contributed by atoms with van der Waals surface area (Å²) in [6, 6.07) is 2.28. The van der Waals surface area contributed by atoms with Gasteiger partial charge in [-0.2, -0.15) is 0 Å². The SMILES string of the molecule is CN(C(=O)N1CCOCC1)C1CCCN(c2ccnc(C(C)(C)C)n2)C1. The minimum atomic E-state index is -0.0751. The van der Waals surface area contributed by atoms with Gasteiger partial charge in [0.05, 0.1) is 19.3 Å². The smallest absolute Gasteiger partial charge is 0.320 e. The van der Waals surface area contributed by atoms with Gasteiger partial charge in [0, 0.05) is 44.8 Å². The van der Waals surface area contributed by atoms with Crippen LogP contribution in [0.4, 0.5) is 10.6 Å². The van der Waals surface area contributed by atoms with Crippen molar-refractivity contribution in [2.24, 2.45) is 0 Å². The van der Waals surface area contributed by atoms with Crippen LogP contribution in [0.2, 0.25) is 0 Å². The topological polar surface area (TPSA) is 61.8 Å². The Labute approximate surface area is 156 Å². The molecule has 2 aliphatic heterocycles. The summed E-state index contributed by atoms with van der Waals surface area (Å²) in [6.45, 7) is 10.8. The lowest BCUT2D eigenvalue weighted by Gasteiger charge is -2.40. The zero-order chi connectivity index (χ0) is 18.7. The molecular formula is C19H31N5O2. The van der Waals surface area contributed by atoms with Gasteiger partial charge in [0.2, 0.25) is 0 Å². The van der Waals surface area contributed by atoms with Crippen LogP contribution in [-0.4, -0.2) is 78.3 Å². The second-order valence-corrected chi connectivity index (χ2v) is 8.22. The number of carbonyl (C=O) groups is 1. The number of urea groups is 1. The van der Waals surface area contributed by atoms with E-state index in [1.165, 1.54) is 0 Å². The number of piperidine rings is 1. The molecule has 1 aromatic rings. The Kier molecular flexibility index (Phi) is 5.65. The molecule has 1 unspecified atom stereocenters. The van der Waals surface area contributed by atoms with Crippen molar-refractivity contribution in [1.82, 2.24) is 19.8 Å². The second kappa shape index (κ2) is 7.78. The number of hydrogen-bond donors (Lipinski definition) is 0. The lowest BCUT2D eigenvalue weighted by molar-refractivity contribution is 0.0414. The lowest BCUT2D eigenvalue weighted by atomic mass is 9.96. The number of likely N-dealkylation sites (N-methyl/N-ethyl adjacent to an activating group) is 1. The number of hydrogen-bond acceptors (Lipinski definition) is 5. The first-order chi connectivity index (χ1) is 12.4. The molecule has 2 saturated heterocycles. The number of morpholine rings is 1. The van der Waals surface area contributed by atoms with Gasteiger partial charge < -0.3 is 19.4 Å². The maximum Gasteiger partial charge on any atom is 0.320 e. The Morgan fingerprint density at radius 2 is 2.00 bits per heavy atom. The number of aromatic nitrogens is 2. The summed E-state index contributed by atoms with van der Waals surface area (Å²) in [6.07, 6.45) is 3.93. The van der Waals surface area contributed by atoms with Crippen molar-refractivity contribution in [3.8, 4) is 0 Å². The molecule has 0 spiro atoms. The largest absolute Gasteiger partial charge is 0.378 e. The zero-order valence-corrected chi connectivity index (χ0v) is 16.4. The normalized spacial score (nSPS) is 21.6. The standard InChI is InChI=1S/C19H31N5O2/c1-19(2,3)17-20-8-7-16(21-17)24-9-5-6-15(14-24)22(4)18(25)23-10-12-26-13-11-23/h7-8,15H,5-6,9-14H2,1-4H3. The molecule has 0 radical (unpaired) electrons. The Balaban J connectivity index is 1.68. The van der Waals surface area contributed by atoms with E-state index >= 15 is 0 Å². The molecule has 7 nitrogen and oxygen atoms in total. The minimum Gasteiger partial charge on any atom is -0.378 e. The molecule has 0 saturated carbocycles. The van der Waals surface area contributed by atoms with Crippen LogP contribution in [0.3, 0.4) is 0 Å². The molecule has 0 bridgehead atoms. The molecule has 2 fully saturated rings. The van der Waals surface area contributed by atoms with Crippen LogP contribution >= 0.6 is 0 Å². The van der Waals surface area contributed by atoms with Crippen molar-refractivity contribution < 1.29 is 9.53 Å². The van der Waals surface area contributed by atoms with Crippen LogP contribution in [0.25, 0.3) is 0 Å². The van der Waals surface area contributed by atoms with Gasteiger partial charge in [0.15, 0.2) is 0 Å². The highest BCUT2D eigenvalue weighted by Crippen LogP contribution is 2.24. The van der Waals surface area contributed by atoms with E-state index in [9.17, 15) is 4.79 Å². The fourth-order valence-electron chi connectivity index (χ4n) is 3.50. The number of carbonyl (C=O) groups excluding carboxylic acids is 1. The highest BCUT2D eigenvalue weighted by molar-refractivity contribution is 5.74. The molecule has 144 valence electrons. The molecule has 0 aromatic carbocycles. The fourth-order valence-corrected chi connectivity index (χ4v) is 3.50. The zero-order valence-electron chi connectivity index (χ0n) is 16.4. The van der Waals surface area contributed by atoms with E-state index in [-0.39, 0.29) is 17.5 Å². The van der Waals surface area contributed by atoms with Crippen molar-refractivity contribution in [3.05, 3.63) is 18.1 Å². The Morgan fingerprint density at radius 1 is 1.27 bits per heavy atom. The van der Waals surface area contributed by atoms with Crippen molar-refractivity contribution in [2.45, 2.75) is 45.1 Å². The monoisotopic (exact) mass is 361 g/mol. The molecule has 1 atom stereocenters. The Bertz CT molecular complexity index is 625. The van der Waals surface area contributed by atoms with Crippen LogP contribution in [0, 0.1) is 0 Å². The highest BCUT2D eigenvalue weighted by atomic mass is 16.5. The van der Waals surface area contributed by atoms with Gasteiger partial charge in [0.1, 0.15) is 11.6 Å². The summed E-state index contributed by atoms with van der Waals surface area (Å²) in [7, 11) is 1.92. The van der Waals surface area contributed by atoms with E-state index in [1.807, 2.05) is 29.1 Å². The molecule has 0 N–H and O–H groups in total. The molecule has 1 aromatic heterocycles. The maximum absolute atomic E-state index is 12.8. The first-order valence-electron chi connectivity index (χ1n) is 9.54. The third kappa shape index (κ3) is 4.26. The van der Waals surface area contributed by atoms with Crippen LogP contribution in [0.1, 0.15) is 39.4 Å². The Morgan fingerprint density at radius 3 is 2.69 bits per heavy atom. The molecule has 3 heterocycles. The average Bonchev–Trinajstić information content (AvgIpc) is 2.67. The number of rotatable bonds is 2. The van der Waals surface area contributed by atoms with Crippen LogP contribution in [-0.2, 0) is 10.2 Å². The summed E-state index contributed by atoms with van der Waals surface area (Å²) in [4.78, 5) is 28.1. The van der Waals surface area contributed by atoms with Gasteiger partial charge in [-0.1, -0.05) is 20.8 Å². The van der Waals surface area contributed by atoms with Gasteiger partial charge in [-0.15, -0.1) is 0 Å². The van der Waals surface area contributed by atoms with Gasteiger partial charge in [0.25, 0.3) is 0 Å². The van der Waals surface area contributed by atoms with E-state index in [4.69, 9.17) is 9.72 Å². The molecule has 26 heavy (non-hydrogen) atoms. The minimum absolute atomic E-state index is 0.0751. The molecule has 2 aliphatic rings. The van der Waals surface area contributed by atoms with Crippen LogP contribution < -0.4 is 4.90 Å². The van der Waals surface area contributed by atoms with Crippen molar-refractivity contribution >= 4 is 11.8 Å². The average molecular weight is 361 g/mol. The number of amides is 2. The van der Waals surface area contributed by atoms with Gasteiger partial charge in [-0.3, -0.25) is 0 Å². The molecule has 3 rings (SSSR count). The van der Waals surface area contributed by atoms with Gasteiger partial charge >= 0.3 is 6.03 Å². The number of nitrogens with zero attached hydrogens (tertiary/aromatic N) is 5. The molecular weight excluding hydrogens is 330 g/mol. The quantitative estimate of drug-likeness (QED) is 0.807. The molecule has 2 amide bonds. The first-order valence-corrected chi connectivity index (χ1v) is 9.54. The van der Waals surface area contributed by atoms with E-state index in [2.05, 4.69) is 30.7 Å². The van der Waals surface area contributed by atoms with E-state index in [0.717, 1.165) is 37.6 Å². The van der Waals surface area contributed by atoms with Crippen molar-refractivity contribution in [3.63, 3.8) is 0 Å². The van der Waals surface area contributed by atoms with Crippen LogP contribution in [0.5, 0.6) is 0 Å². The second-order valence-electron chi connectivity index (χ2n) is 8.22. The predicted octanol–water partition coefficient (Wildman–Crippen LogP) is 2.13. The third-order valence-electron chi connectivity index (χ3n) is 5.16. The molecule has 0 aliphatic carbocycles. The fraction of sp³-hybridized carbons (Fsp3) is 0.737. The summed E-state index contributed by atoms with van der Waals surface area (Å²) >= 11 is 0. The number of anilines is 1. The van der Waals surface area contributed by atoms with Gasteiger partial charge in [-0.05, 0) is 18.9 Å². The van der Waals surface area contributed by atoms with E-state index < -0.39 is 0 Å². The summed E-state index contributed by atoms with van der Waals surface area (Å²) in [5, 5.41) is 0. The maximum atomic E-state index is 12.8. The molecule has 7 heteroatoms. The van der Waals surface area contributed by atoms with Crippen molar-refractivity contribution in [2.75, 3.05) is 51.3 Å². The van der Waals surface area contributed by atoms with Gasteiger partial charge in [-0.25, -0.2) is 14.8 Å². The first kappa shape index (κ1) is 18.9. The third-order valence-corrected chi connectivity index (χ3v) is 5.16. The summed E-state index contributed by atoms with van der Waals surface area (Å²) < 4.78 is 5.35. The highest BCUT2D eigenvalue weighted by Gasteiger charge is 2.30. The van der Waals surface area contributed by atoms with Crippen LogP contribution in [0.15, 0.2) is 12.3 Å². The Hall–Kier alpha value is -1.89. The number of ether oxygens (including phenoxy) is 1. The predicted molar refractivity (Wildman–Crippen MR) is 102 cm³/mol. The lowest BCUT2D eigenvalue weighted by Crippen LogP contribution is -2.54. The van der Waals surface area contributed by atoms with E-state index in [0.29, 0.717) is 26.3 Å². The van der Waals surface area contributed by atoms with Crippen molar-refractivity contribution in [1.29, 1.82) is 0 Å². The summed E-state index contributed by atoms with van der Waals surface area (Å²) in [5.74, 6) is 1.82. The van der Waals surface area contributed by atoms with E-state index in [1.54, 1.807) is 0 Å².